The monoisotopic (exact) mass is 415 g/mol. The Hall–Kier alpha value is -2.44. The molecule has 2 aromatic carbocycles. The van der Waals surface area contributed by atoms with Crippen LogP contribution in [0.15, 0.2) is 51.9 Å². The summed E-state index contributed by atoms with van der Waals surface area (Å²) in [5.74, 6) is -0.275. The largest absolute Gasteiger partial charge is 1.00 e. The van der Waals surface area contributed by atoms with E-state index in [2.05, 4.69) is 4.18 Å². The Labute approximate surface area is 180 Å². The summed E-state index contributed by atoms with van der Waals surface area (Å²) in [6, 6.07) is 7.42. The molecule has 10 nitrogen and oxygen atoms in total. The predicted octanol–water partition coefficient (Wildman–Crippen LogP) is -0.780. The Balaban J connectivity index is 0.00000280. The molecular weight excluding hydrogens is 405 g/mol. The summed E-state index contributed by atoms with van der Waals surface area (Å²) in [6.07, 6.45) is 1.08. The smallest absolute Gasteiger partial charge is 0.716 e. The number of hydrogen-bond donors (Lipinski definition) is 0. The molecule has 0 unspecified atom stereocenters. The van der Waals surface area contributed by atoms with Crippen molar-refractivity contribution in [3.05, 3.63) is 63.0 Å². The van der Waals surface area contributed by atoms with Crippen molar-refractivity contribution in [1.29, 1.82) is 0 Å². The number of rotatable bonds is 5. The fourth-order valence-electron chi connectivity index (χ4n) is 2.48. The number of hydrogen-bond acceptors (Lipinski definition) is 9. The molecule has 0 saturated heterocycles. The molecule has 140 valence electrons. The van der Waals surface area contributed by atoms with E-state index in [1.165, 1.54) is 31.4 Å². The van der Waals surface area contributed by atoms with Crippen LogP contribution < -0.4 is 43.9 Å². The third-order valence-electron chi connectivity index (χ3n) is 3.63. The quantitative estimate of drug-likeness (QED) is 0.172. The number of nitro groups is 1. The number of nitrogens with zero attached hydrogens (tertiary/aromatic N) is 1. The minimum absolute atomic E-state index is 0. The molecule has 0 bridgehead atoms. The van der Waals surface area contributed by atoms with Gasteiger partial charge in [0.2, 0.25) is 0 Å². The van der Waals surface area contributed by atoms with Crippen LogP contribution in [-0.2, 0) is 10.4 Å². The predicted molar refractivity (Wildman–Crippen MR) is 91.5 cm³/mol. The fourth-order valence-corrected chi connectivity index (χ4v) is 2.82. The van der Waals surface area contributed by atoms with Crippen LogP contribution in [0, 0.1) is 10.1 Å². The summed E-state index contributed by atoms with van der Waals surface area (Å²) in [6.45, 7) is 0. The van der Waals surface area contributed by atoms with Gasteiger partial charge in [0.05, 0.1) is 23.0 Å². The van der Waals surface area contributed by atoms with Gasteiger partial charge < -0.3 is 17.9 Å². The molecule has 0 N–H and O–H groups in total. The van der Waals surface area contributed by atoms with Crippen LogP contribution in [0.5, 0.6) is 11.5 Å². The Kier molecular flexibility index (Phi) is 6.47. The Morgan fingerprint density at radius 1 is 1.14 bits per heavy atom. The Morgan fingerprint density at radius 2 is 1.86 bits per heavy atom. The van der Waals surface area contributed by atoms with Crippen molar-refractivity contribution < 1.29 is 60.8 Å². The number of fused-ring (bicyclic) bond motifs is 1. The molecule has 0 aliphatic rings. The molecule has 0 atom stereocenters. The van der Waals surface area contributed by atoms with Gasteiger partial charge in [0.25, 0.3) is 10.4 Å². The maximum absolute atomic E-state index is 12.7. The zero-order valence-electron chi connectivity index (χ0n) is 14.6. The summed E-state index contributed by atoms with van der Waals surface area (Å²) in [4.78, 5) is 23.2. The third kappa shape index (κ3) is 4.51. The fraction of sp³-hybridized carbons (Fsp3) is 0.0625. The van der Waals surface area contributed by atoms with Crippen molar-refractivity contribution in [3.63, 3.8) is 0 Å². The van der Waals surface area contributed by atoms with Crippen LogP contribution in [0.3, 0.4) is 0 Å². The van der Waals surface area contributed by atoms with Crippen LogP contribution >= 0.6 is 0 Å². The topological polar surface area (TPSA) is 149 Å². The minimum Gasteiger partial charge on any atom is -0.716 e. The second-order valence-electron chi connectivity index (χ2n) is 5.27. The van der Waals surface area contributed by atoms with Gasteiger partial charge in [-0.05, 0) is 29.8 Å². The van der Waals surface area contributed by atoms with Gasteiger partial charge in [-0.2, -0.15) is 0 Å². The van der Waals surface area contributed by atoms with Crippen LogP contribution in [-0.4, -0.2) is 25.0 Å². The van der Waals surface area contributed by atoms with E-state index in [4.69, 9.17) is 9.15 Å². The van der Waals surface area contributed by atoms with Crippen molar-refractivity contribution in [2.75, 3.05) is 7.11 Å². The van der Waals surface area contributed by atoms with E-state index < -0.39 is 20.8 Å². The van der Waals surface area contributed by atoms with Crippen molar-refractivity contribution in [2.24, 2.45) is 0 Å². The first kappa shape index (κ1) is 21.9. The van der Waals surface area contributed by atoms with Crippen molar-refractivity contribution in [2.45, 2.75) is 0 Å². The van der Waals surface area contributed by atoms with Crippen molar-refractivity contribution >= 4 is 27.1 Å². The summed E-state index contributed by atoms with van der Waals surface area (Å²) < 4.78 is 46.4. The second kappa shape index (κ2) is 8.29. The van der Waals surface area contributed by atoms with Gasteiger partial charge in [0, 0.05) is 12.1 Å². The average molecular weight is 415 g/mol. The maximum atomic E-state index is 12.7. The number of ether oxygens (including phenoxy) is 1. The number of benzene rings is 2. The zero-order chi connectivity index (χ0) is 19.8. The molecule has 3 aromatic rings. The van der Waals surface area contributed by atoms with Gasteiger partial charge in [-0.3, -0.25) is 14.9 Å². The van der Waals surface area contributed by atoms with Gasteiger partial charge in [0.15, 0.2) is 11.2 Å². The molecule has 0 radical (unpaired) electrons. The van der Waals surface area contributed by atoms with Gasteiger partial charge in [-0.25, -0.2) is 8.42 Å². The molecule has 1 heterocycles. The Bertz CT molecular complexity index is 1220. The summed E-state index contributed by atoms with van der Waals surface area (Å²) in [7, 11) is -3.69. The molecule has 0 fully saturated rings. The molecule has 1 aromatic heterocycles. The third-order valence-corrected chi connectivity index (χ3v) is 4.03. The van der Waals surface area contributed by atoms with Crippen LogP contribution in [0.4, 0.5) is 5.69 Å². The van der Waals surface area contributed by atoms with Crippen LogP contribution in [0.2, 0.25) is 0 Å². The van der Waals surface area contributed by atoms with E-state index >= 15 is 0 Å². The first-order valence-corrected chi connectivity index (χ1v) is 8.56. The van der Waals surface area contributed by atoms with Gasteiger partial charge in [-0.1, -0.05) is 0 Å². The minimum atomic E-state index is -4.97. The van der Waals surface area contributed by atoms with Crippen molar-refractivity contribution in [3.8, 4) is 22.6 Å². The average Bonchev–Trinajstić information content (AvgIpc) is 2.60. The van der Waals surface area contributed by atoms with E-state index in [1.807, 2.05) is 0 Å². The zero-order valence-corrected chi connectivity index (χ0v) is 17.4. The molecular formula is C16H10NNaO9S. The number of methoxy groups -OCH3 is 1. The second-order valence-corrected chi connectivity index (χ2v) is 6.25. The molecule has 0 aliphatic carbocycles. The van der Waals surface area contributed by atoms with Crippen LogP contribution in [0.1, 0.15) is 0 Å². The van der Waals surface area contributed by atoms with E-state index in [0.717, 1.165) is 18.4 Å². The maximum Gasteiger partial charge on any atom is 1.00 e. The summed E-state index contributed by atoms with van der Waals surface area (Å²) in [5.41, 5.74) is -0.557. The molecule has 0 amide bonds. The molecule has 3 rings (SSSR count). The molecule has 0 spiro atoms. The molecule has 0 aliphatic heterocycles. The van der Waals surface area contributed by atoms with E-state index in [-0.39, 0.29) is 68.8 Å². The summed E-state index contributed by atoms with van der Waals surface area (Å²) >= 11 is 0. The SMILES string of the molecule is COc1ccc(-c2coc3cc(OS(=O)(=O)[O-])ccc3c2=O)cc1[N+](=O)[O-].[Na+]. The van der Waals surface area contributed by atoms with Crippen LogP contribution in [0.25, 0.3) is 22.1 Å². The summed E-state index contributed by atoms with van der Waals surface area (Å²) in [5, 5.41) is 11.2. The molecule has 0 saturated carbocycles. The van der Waals surface area contributed by atoms with Gasteiger partial charge in [0.1, 0.15) is 17.6 Å². The van der Waals surface area contributed by atoms with Gasteiger partial charge in [-0.15, -0.1) is 0 Å². The van der Waals surface area contributed by atoms with E-state index in [0.29, 0.717) is 0 Å². The normalized spacial score (nSPS) is 10.9. The van der Waals surface area contributed by atoms with Gasteiger partial charge >= 0.3 is 35.2 Å². The first-order valence-electron chi connectivity index (χ1n) is 7.23. The Morgan fingerprint density at radius 3 is 2.46 bits per heavy atom. The molecule has 12 heteroatoms. The number of nitro benzene ring substituents is 1. The standard InChI is InChI=1S/C16H11NO9S.Na/c1-24-14-5-2-9(6-13(14)17(19)20)12-8-25-15-7-10(26-27(21,22)23)3-4-11(15)16(12)18;/h2-8H,1H3,(H,21,22,23);/q;+1/p-1. The molecule has 28 heavy (non-hydrogen) atoms. The van der Waals surface area contributed by atoms with Crippen molar-refractivity contribution in [1.82, 2.24) is 0 Å². The van der Waals surface area contributed by atoms with E-state index in [1.54, 1.807) is 0 Å². The first-order chi connectivity index (χ1) is 12.7. The van der Waals surface area contributed by atoms with E-state index in [9.17, 15) is 27.9 Å².